The molecule has 0 aromatic carbocycles. The molecule has 0 saturated carbocycles. The first kappa shape index (κ1) is 11.2. The highest BCUT2D eigenvalue weighted by Crippen LogP contribution is 2.30. The van der Waals surface area contributed by atoms with E-state index >= 15 is 0 Å². The SMILES string of the molecule is Cc1ncc2c(cnn2C2CCCCO2)c1Br. The van der Waals surface area contributed by atoms with Gasteiger partial charge in [0, 0.05) is 16.5 Å². The first-order valence-corrected chi connectivity index (χ1v) is 6.66. The number of hydrogen-bond acceptors (Lipinski definition) is 3. The summed E-state index contributed by atoms with van der Waals surface area (Å²) < 4.78 is 8.73. The topological polar surface area (TPSA) is 39.9 Å². The fraction of sp³-hybridized carbons (Fsp3) is 0.500. The van der Waals surface area contributed by atoms with Crippen LogP contribution in [0.5, 0.6) is 0 Å². The Balaban J connectivity index is 2.08. The smallest absolute Gasteiger partial charge is 0.150 e. The van der Waals surface area contributed by atoms with Gasteiger partial charge in [-0.05, 0) is 42.1 Å². The van der Waals surface area contributed by atoms with Gasteiger partial charge in [0.05, 0.1) is 23.6 Å². The van der Waals surface area contributed by atoms with Crippen molar-refractivity contribution in [3.8, 4) is 0 Å². The van der Waals surface area contributed by atoms with E-state index in [-0.39, 0.29) is 6.23 Å². The van der Waals surface area contributed by atoms with Crippen molar-refractivity contribution in [2.45, 2.75) is 32.4 Å². The molecule has 4 nitrogen and oxygen atoms in total. The first-order valence-electron chi connectivity index (χ1n) is 5.87. The van der Waals surface area contributed by atoms with Gasteiger partial charge in [0.2, 0.25) is 0 Å². The molecule has 0 amide bonds. The summed E-state index contributed by atoms with van der Waals surface area (Å²) in [5.74, 6) is 0. The molecule has 0 radical (unpaired) electrons. The summed E-state index contributed by atoms with van der Waals surface area (Å²) >= 11 is 3.56. The second-order valence-electron chi connectivity index (χ2n) is 4.37. The van der Waals surface area contributed by atoms with E-state index in [0.29, 0.717) is 0 Å². The number of nitrogens with zero attached hydrogens (tertiary/aromatic N) is 3. The van der Waals surface area contributed by atoms with Gasteiger partial charge in [-0.25, -0.2) is 4.68 Å². The predicted molar refractivity (Wildman–Crippen MR) is 68.8 cm³/mol. The minimum Gasteiger partial charge on any atom is -0.356 e. The van der Waals surface area contributed by atoms with E-state index in [2.05, 4.69) is 26.0 Å². The van der Waals surface area contributed by atoms with Gasteiger partial charge >= 0.3 is 0 Å². The van der Waals surface area contributed by atoms with Crippen LogP contribution >= 0.6 is 15.9 Å². The minimum absolute atomic E-state index is 0.0673. The molecule has 1 saturated heterocycles. The van der Waals surface area contributed by atoms with Gasteiger partial charge in [0.25, 0.3) is 0 Å². The van der Waals surface area contributed by atoms with Crippen LogP contribution in [-0.4, -0.2) is 21.4 Å². The molecule has 3 rings (SSSR count). The van der Waals surface area contributed by atoms with Crippen LogP contribution in [0.15, 0.2) is 16.9 Å². The maximum absolute atomic E-state index is 5.76. The third-order valence-corrected chi connectivity index (χ3v) is 4.20. The average molecular weight is 296 g/mol. The zero-order valence-corrected chi connectivity index (χ0v) is 11.3. The standard InChI is InChI=1S/C12H14BrN3O/c1-8-12(13)9-6-15-16(10(9)7-14-8)11-4-2-3-5-17-11/h6-7,11H,2-5H2,1H3. The van der Waals surface area contributed by atoms with Crippen molar-refractivity contribution in [2.75, 3.05) is 6.61 Å². The van der Waals surface area contributed by atoms with Crippen LogP contribution in [0.4, 0.5) is 0 Å². The van der Waals surface area contributed by atoms with Crippen molar-refractivity contribution in [3.63, 3.8) is 0 Å². The second-order valence-corrected chi connectivity index (χ2v) is 5.16. The van der Waals surface area contributed by atoms with Gasteiger partial charge in [0.1, 0.15) is 0 Å². The van der Waals surface area contributed by atoms with Gasteiger partial charge in [-0.15, -0.1) is 0 Å². The summed E-state index contributed by atoms with van der Waals surface area (Å²) in [6.45, 7) is 2.81. The van der Waals surface area contributed by atoms with Gasteiger partial charge in [0.15, 0.2) is 6.23 Å². The maximum Gasteiger partial charge on any atom is 0.150 e. The molecule has 2 aromatic rings. The Labute approximate surface area is 108 Å². The quantitative estimate of drug-likeness (QED) is 0.811. The molecular formula is C12H14BrN3O. The summed E-state index contributed by atoms with van der Waals surface area (Å²) in [6.07, 6.45) is 7.20. The fourth-order valence-electron chi connectivity index (χ4n) is 2.23. The maximum atomic E-state index is 5.76. The van der Waals surface area contributed by atoms with Gasteiger partial charge in [-0.3, -0.25) is 4.98 Å². The molecule has 1 aliphatic rings. The number of aryl methyl sites for hydroxylation is 1. The lowest BCUT2D eigenvalue weighted by atomic mass is 10.2. The lowest BCUT2D eigenvalue weighted by molar-refractivity contribution is -0.0367. The molecule has 3 heterocycles. The fourth-order valence-corrected chi connectivity index (χ4v) is 2.63. The minimum atomic E-state index is 0.0673. The Bertz CT molecular complexity index is 546. The monoisotopic (exact) mass is 295 g/mol. The Morgan fingerprint density at radius 1 is 1.41 bits per heavy atom. The number of aromatic nitrogens is 3. The van der Waals surface area contributed by atoms with Crippen LogP contribution in [0.25, 0.3) is 10.9 Å². The molecule has 17 heavy (non-hydrogen) atoms. The van der Waals surface area contributed by atoms with E-state index in [0.717, 1.165) is 40.5 Å². The molecule has 1 aliphatic heterocycles. The molecule has 90 valence electrons. The highest BCUT2D eigenvalue weighted by Gasteiger charge is 2.19. The number of rotatable bonds is 1. The number of ether oxygens (including phenoxy) is 1. The number of halogens is 1. The summed E-state index contributed by atoms with van der Waals surface area (Å²) in [5, 5.41) is 5.55. The molecule has 0 N–H and O–H groups in total. The van der Waals surface area contributed by atoms with Crippen LogP contribution in [0, 0.1) is 6.92 Å². The van der Waals surface area contributed by atoms with Crippen LogP contribution in [-0.2, 0) is 4.74 Å². The Morgan fingerprint density at radius 2 is 2.29 bits per heavy atom. The Kier molecular flexibility index (Phi) is 2.88. The highest BCUT2D eigenvalue weighted by atomic mass is 79.9. The molecule has 2 aromatic heterocycles. The van der Waals surface area contributed by atoms with E-state index < -0.39 is 0 Å². The van der Waals surface area contributed by atoms with E-state index in [1.54, 1.807) is 0 Å². The molecule has 0 spiro atoms. The van der Waals surface area contributed by atoms with Crippen LogP contribution in [0.3, 0.4) is 0 Å². The van der Waals surface area contributed by atoms with Crippen molar-refractivity contribution in [1.29, 1.82) is 0 Å². The van der Waals surface area contributed by atoms with Crippen LogP contribution < -0.4 is 0 Å². The highest BCUT2D eigenvalue weighted by molar-refractivity contribution is 9.10. The van der Waals surface area contributed by atoms with Crippen molar-refractivity contribution >= 4 is 26.8 Å². The molecule has 0 bridgehead atoms. The summed E-state index contributed by atoms with van der Waals surface area (Å²) in [4.78, 5) is 4.37. The van der Waals surface area contributed by atoms with Gasteiger partial charge in [-0.2, -0.15) is 5.10 Å². The zero-order valence-electron chi connectivity index (χ0n) is 9.69. The number of hydrogen-bond donors (Lipinski definition) is 0. The summed E-state index contributed by atoms with van der Waals surface area (Å²) in [5.41, 5.74) is 2.02. The van der Waals surface area contributed by atoms with Gasteiger partial charge in [-0.1, -0.05) is 0 Å². The summed E-state index contributed by atoms with van der Waals surface area (Å²) in [7, 11) is 0. The Morgan fingerprint density at radius 3 is 3.06 bits per heavy atom. The molecule has 1 fully saturated rings. The molecule has 1 atom stereocenters. The van der Waals surface area contributed by atoms with Crippen molar-refractivity contribution in [2.24, 2.45) is 0 Å². The first-order chi connectivity index (χ1) is 8.27. The third kappa shape index (κ3) is 1.87. The van der Waals surface area contributed by atoms with Crippen LogP contribution in [0.1, 0.15) is 31.2 Å². The second kappa shape index (κ2) is 4.38. The van der Waals surface area contributed by atoms with Crippen molar-refractivity contribution in [3.05, 3.63) is 22.6 Å². The molecular weight excluding hydrogens is 282 g/mol. The molecule has 5 heteroatoms. The average Bonchev–Trinajstić information content (AvgIpc) is 2.79. The molecule has 1 unspecified atom stereocenters. The summed E-state index contributed by atoms with van der Waals surface area (Å²) in [6, 6.07) is 0. The van der Waals surface area contributed by atoms with E-state index in [1.165, 1.54) is 6.42 Å². The normalized spacial score (nSPS) is 20.9. The Hall–Kier alpha value is -0.940. The van der Waals surface area contributed by atoms with Crippen molar-refractivity contribution < 1.29 is 4.74 Å². The van der Waals surface area contributed by atoms with Crippen LogP contribution in [0.2, 0.25) is 0 Å². The van der Waals surface area contributed by atoms with Crippen molar-refractivity contribution in [1.82, 2.24) is 14.8 Å². The van der Waals surface area contributed by atoms with E-state index in [4.69, 9.17) is 4.74 Å². The zero-order chi connectivity index (χ0) is 11.8. The predicted octanol–water partition coefficient (Wildman–Crippen LogP) is 3.20. The van der Waals surface area contributed by atoms with E-state index in [9.17, 15) is 0 Å². The lowest BCUT2D eigenvalue weighted by Gasteiger charge is -2.23. The van der Waals surface area contributed by atoms with Gasteiger partial charge < -0.3 is 4.74 Å². The lowest BCUT2D eigenvalue weighted by Crippen LogP contribution is -2.19. The largest absolute Gasteiger partial charge is 0.356 e. The van der Waals surface area contributed by atoms with E-state index in [1.807, 2.05) is 24.0 Å². The number of fused-ring (bicyclic) bond motifs is 1. The molecule has 0 aliphatic carbocycles. The number of pyridine rings is 1. The third-order valence-electron chi connectivity index (χ3n) is 3.20.